The van der Waals surface area contributed by atoms with E-state index in [9.17, 15) is 4.79 Å². The zero-order chi connectivity index (χ0) is 16.5. The zero-order valence-corrected chi connectivity index (χ0v) is 13.1. The molecule has 2 heteroatoms. The molecule has 0 fully saturated rings. The maximum Gasteiger partial charge on any atom is 0.335 e. The molecular weight excluding hydrogens is 284 g/mol. The predicted octanol–water partition coefficient (Wildman–Crippen LogP) is 5.30. The lowest BCUT2D eigenvalue weighted by Gasteiger charge is -2.06. The van der Waals surface area contributed by atoms with Crippen LogP contribution in [-0.2, 0) is 6.42 Å². The Kier molecular flexibility index (Phi) is 6.13. The van der Waals surface area contributed by atoms with Gasteiger partial charge in [0.1, 0.15) is 0 Å². The predicted molar refractivity (Wildman–Crippen MR) is 94.7 cm³/mol. The highest BCUT2D eigenvalue weighted by Crippen LogP contribution is 2.23. The fourth-order valence-electron chi connectivity index (χ4n) is 2.31. The molecule has 0 aromatic heterocycles. The SMILES string of the molecule is CCc1ccccc1-c1ccccc1.O=C(O)c1ccccc1. The van der Waals surface area contributed by atoms with Crippen LogP contribution in [0.5, 0.6) is 0 Å². The van der Waals surface area contributed by atoms with Gasteiger partial charge in [-0.1, -0.05) is 79.7 Å². The first-order valence-corrected chi connectivity index (χ1v) is 7.64. The number of carboxylic acid groups (broad SMARTS) is 1. The molecule has 3 rings (SSSR count). The number of carbonyl (C=O) groups is 1. The van der Waals surface area contributed by atoms with Crippen molar-refractivity contribution >= 4 is 5.97 Å². The maximum atomic E-state index is 10.2. The van der Waals surface area contributed by atoms with Crippen molar-refractivity contribution in [3.8, 4) is 11.1 Å². The minimum Gasteiger partial charge on any atom is -0.478 e. The summed E-state index contributed by atoms with van der Waals surface area (Å²) in [4.78, 5) is 10.2. The van der Waals surface area contributed by atoms with E-state index in [0.29, 0.717) is 5.56 Å². The average Bonchev–Trinajstić information content (AvgIpc) is 2.63. The highest BCUT2D eigenvalue weighted by atomic mass is 16.4. The third kappa shape index (κ3) is 4.82. The largest absolute Gasteiger partial charge is 0.478 e. The Morgan fingerprint density at radius 2 is 1.30 bits per heavy atom. The number of aromatic carboxylic acids is 1. The van der Waals surface area contributed by atoms with Crippen LogP contribution in [0.25, 0.3) is 11.1 Å². The topological polar surface area (TPSA) is 37.3 Å². The molecule has 0 saturated heterocycles. The van der Waals surface area contributed by atoms with Crippen molar-refractivity contribution < 1.29 is 9.90 Å². The van der Waals surface area contributed by atoms with Gasteiger partial charge in [0.05, 0.1) is 5.56 Å². The van der Waals surface area contributed by atoms with Crippen LogP contribution in [-0.4, -0.2) is 11.1 Å². The van der Waals surface area contributed by atoms with Crippen molar-refractivity contribution in [1.82, 2.24) is 0 Å². The molecule has 0 aliphatic carbocycles. The first-order valence-electron chi connectivity index (χ1n) is 7.64. The first-order chi connectivity index (χ1) is 11.2. The molecule has 0 aliphatic rings. The van der Waals surface area contributed by atoms with Crippen LogP contribution in [0.2, 0.25) is 0 Å². The summed E-state index contributed by atoms with van der Waals surface area (Å²) in [7, 11) is 0. The van der Waals surface area contributed by atoms with Gasteiger partial charge in [0.15, 0.2) is 0 Å². The standard InChI is InChI=1S/C14H14.C7H6O2/c1-2-12-8-6-7-11-14(12)13-9-4-3-5-10-13;8-7(9)6-4-2-1-3-5-6/h3-11H,2H2,1H3;1-5H,(H,8,9). The summed E-state index contributed by atoms with van der Waals surface area (Å²) in [6.45, 7) is 2.20. The molecule has 0 atom stereocenters. The smallest absolute Gasteiger partial charge is 0.335 e. The molecule has 3 aromatic carbocycles. The molecular formula is C21H20O2. The van der Waals surface area contributed by atoms with Crippen LogP contribution in [0.1, 0.15) is 22.8 Å². The second-order valence-corrected chi connectivity index (χ2v) is 5.05. The lowest BCUT2D eigenvalue weighted by molar-refractivity contribution is 0.0697. The van der Waals surface area contributed by atoms with Gasteiger partial charge in [-0.25, -0.2) is 4.79 Å². The van der Waals surface area contributed by atoms with E-state index in [2.05, 4.69) is 61.5 Å². The van der Waals surface area contributed by atoms with Crippen molar-refractivity contribution in [2.75, 3.05) is 0 Å². The summed E-state index contributed by atoms with van der Waals surface area (Å²) < 4.78 is 0. The minimum absolute atomic E-state index is 0.331. The quantitative estimate of drug-likeness (QED) is 0.713. The molecule has 2 nitrogen and oxygen atoms in total. The van der Waals surface area contributed by atoms with Crippen LogP contribution in [0.15, 0.2) is 84.9 Å². The maximum absolute atomic E-state index is 10.2. The number of aryl methyl sites for hydroxylation is 1. The van der Waals surface area contributed by atoms with E-state index in [-0.39, 0.29) is 0 Å². The van der Waals surface area contributed by atoms with Crippen molar-refractivity contribution in [3.63, 3.8) is 0 Å². The van der Waals surface area contributed by atoms with E-state index in [4.69, 9.17) is 5.11 Å². The fraction of sp³-hybridized carbons (Fsp3) is 0.0952. The Bertz CT molecular complexity index is 734. The second kappa shape index (κ2) is 8.54. The number of hydrogen-bond acceptors (Lipinski definition) is 1. The molecule has 0 radical (unpaired) electrons. The van der Waals surface area contributed by atoms with E-state index in [1.54, 1.807) is 30.3 Å². The van der Waals surface area contributed by atoms with Crippen LogP contribution < -0.4 is 0 Å². The Labute approximate surface area is 137 Å². The second-order valence-electron chi connectivity index (χ2n) is 5.05. The number of benzene rings is 3. The van der Waals surface area contributed by atoms with Crippen LogP contribution in [0.3, 0.4) is 0 Å². The fourth-order valence-corrected chi connectivity index (χ4v) is 2.31. The Hall–Kier alpha value is -2.87. The molecule has 23 heavy (non-hydrogen) atoms. The first kappa shape index (κ1) is 16.5. The summed E-state index contributed by atoms with van der Waals surface area (Å²) >= 11 is 0. The highest BCUT2D eigenvalue weighted by molar-refractivity contribution is 5.87. The van der Waals surface area contributed by atoms with E-state index in [1.807, 2.05) is 0 Å². The lowest BCUT2D eigenvalue weighted by atomic mass is 9.98. The van der Waals surface area contributed by atoms with E-state index < -0.39 is 5.97 Å². The summed E-state index contributed by atoms with van der Waals surface area (Å²) in [5, 5.41) is 8.38. The van der Waals surface area contributed by atoms with Crippen molar-refractivity contribution in [2.24, 2.45) is 0 Å². The van der Waals surface area contributed by atoms with Gasteiger partial charge in [0.2, 0.25) is 0 Å². The van der Waals surface area contributed by atoms with Gasteiger partial charge in [-0.15, -0.1) is 0 Å². The third-order valence-electron chi connectivity index (χ3n) is 3.50. The van der Waals surface area contributed by atoms with Gasteiger partial charge in [-0.3, -0.25) is 0 Å². The molecule has 0 amide bonds. The summed E-state index contributed by atoms with van der Waals surface area (Å²) in [5.74, 6) is -0.879. The molecule has 116 valence electrons. The van der Waals surface area contributed by atoms with Crippen molar-refractivity contribution in [3.05, 3.63) is 96.1 Å². The minimum atomic E-state index is -0.879. The Morgan fingerprint density at radius 1 is 0.783 bits per heavy atom. The average molecular weight is 304 g/mol. The lowest BCUT2D eigenvalue weighted by Crippen LogP contribution is -1.93. The molecule has 0 spiro atoms. The molecule has 0 unspecified atom stereocenters. The van der Waals surface area contributed by atoms with Crippen molar-refractivity contribution in [1.29, 1.82) is 0 Å². The summed E-state index contributed by atoms with van der Waals surface area (Å²) in [6, 6.07) is 27.4. The van der Waals surface area contributed by atoms with E-state index in [1.165, 1.54) is 16.7 Å². The molecule has 1 N–H and O–H groups in total. The van der Waals surface area contributed by atoms with Gasteiger partial charge in [0.25, 0.3) is 0 Å². The van der Waals surface area contributed by atoms with Gasteiger partial charge >= 0.3 is 5.97 Å². The van der Waals surface area contributed by atoms with Crippen LogP contribution in [0.4, 0.5) is 0 Å². The van der Waals surface area contributed by atoms with Gasteiger partial charge < -0.3 is 5.11 Å². The molecule has 0 heterocycles. The molecule has 3 aromatic rings. The van der Waals surface area contributed by atoms with Crippen LogP contribution >= 0.6 is 0 Å². The van der Waals surface area contributed by atoms with Crippen LogP contribution in [0, 0.1) is 0 Å². The number of hydrogen-bond donors (Lipinski definition) is 1. The van der Waals surface area contributed by atoms with E-state index in [0.717, 1.165) is 6.42 Å². The van der Waals surface area contributed by atoms with Gasteiger partial charge in [-0.05, 0) is 35.2 Å². The zero-order valence-electron chi connectivity index (χ0n) is 13.1. The van der Waals surface area contributed by atoms with Crippen molar-refractivity contribution in [2.45, 2.75) is 13.3 Å². The Morgan fingerprint density at radius 3 is 1.83 bits per heavy atom. The molecule has 0 saturated carbocycles. The third-order valence-corrected chi connectivity index (χ3v) is 3.50. The van der Waals surface area contributed by atoms with Gasteiger partial charge in [0, 0.05) is 0 Å². The Balaban J connectivity index is 0.000000185. The molecule has 0 bridgehead atoms. The number of rotatable bonds is 3. The summed E-state index contributed by atoms with van der Waals surface area (Å²) in [6.07, 6.45) is 1.09. The molecule has 0 aliphatic heterocycles. The highest BCUT2D eigenvalue weighted by Gasteiger charge is 2.00. The normalized spacial score (nSPS) is 9.61. The summed E-state index contributed by atoms with van der Waals surface area (Å²) in [5.41, 5.74) is 4.41. The monoisotopic (exact) mass is 304 g/mol. The van der Waals surface area contributed by atoms with E-state index >= 15 is 0 Å². The number of carboxylic acids is 1. The van der Waals surface area contributed by atoms with Gasteiger partial charge in [-0.2, -0.15) is 0 Å².